The average molecular weight is 445 g/mol. The Morgan fingerprint density at radius 3 is 2.53 bits per heavy atom. The summed E-state index contributed by atoms with van der Waals surface area (Å²) in [5, 5.41) is 30.9. The Balaban J connectivity index is 1.75. The van der Waals surface area contributed by atoms with Gasteiger partial charge in [-0.2, -0.15) is 0 Å². The van der Waals surface area contributed by atoms with Crippen molar-refractivity contribution in [1.82, 2.24) is 0 Å². The Labute approximate surface area is 196 Å². The maximum atomic E-state index is 10.4. The van der Waals surface area contributed by atoms with Crippen LogP contribution in [0.15, 0.2) is 35.5 Å². The summed E-state index contributed by atoms with van der Waals surface area (Å²) in [7, 11) is 0. The maximum Gasteiger partial charge on any atom is 0.0837 e. The van der Waals surface area contributed by atoms with E-state index < -0.39 is 17.8 Å². The van der Waals surface area contributed by atoms with Gasteiger partial charge in [-0.05, 0) is 105 Å². The van der Waals surface area contributed by atoms with Gasteiger partial charge in [0, 0.05) is 5.92 Å². The molecule has 3 aliphatic rings. The number of allylic oxidation sites excluding steroid dienone is 3. The van der Waals surface area contributed by atoms with Gasteiger partial charge in [0.1, 0.15) is 0 Å². The second kappa shape index (κ2) is 9.76. The van der Waals surface area contributed by atoms with Gasteiger partial charge in [-0.15, -0.1) is 0 Å². The zero-order chi connectivity index (χ0) is 23.8. The number of aliphatic hydroxyl groups is 3. The van der Waals surface area contributed by atoms with E-state index in [1.165, 1.54) is 25.7 Å². The van der Waals surface area contributed by atoms with Crippen molar-refractivity contribution in [2.24, 2.45) is 35.0 Å². The minimum absolute atomic E-state index is 0.152. The Morgan fingerprint density at radius 2 is 1.88 bits per heavy atom. The molecule has 182 valence electrons. The lowest BCUT2D eigenvalue weighted by Gasteiger charge is -2.45. The van der Waals surface area contributed by atoms with Crippen LogP contribution in [-0.4, -0.2) is 33.1 Å². The summed E-state index contributed by atoms with van der Waals surface area (Å²) in [5.74, 6) is 2.49. The maximum absolute atomic E-state index is 10.4. The first-order chi connectivity index (χ1) is 14.8. The molecular weight excluding hydrogens is 396 g/mol. The molecule has 3 nitrogen and oxygen atoms in total. The van der Waals surface area contributed by atoms with Crippen molar-refractivity contribution in [3.05, 3.63) is 35.5 Å². The molecule has 3 saturated carbocycles. The molecule has 0 aliphatic heterocycles. The predicted octanol–water partition coefficient (Wildman–Crippen LogP) is 6.20. The molecule has 3 N–H and O–H groups in total. The molecule has 0 aromatic carbocycles. The molecule has 0 spiro atoms. The van der Waals surface area contributed by atoms with Crippen LogP contribution in [0.2, 0.25) is 0 Å². The number of fused-ring (bicyclic) bond motifs is 1. The van der Waals surface area contributed by atoms with Crippen LogP contribution in [-0.2, 0) is 0 Å². The highest BCUT2D eigenvalue weighted by atomic mass is 16.3. The normalized spacial score (nSPS) is 40.5. The van der Waals surface area contributed by atoms with Gasteiger partial charge in [0.05, 0.1) is 17.8 Å². The lowest BCUT2D eigenvalue weighted by atomic mass is 9.59. The summed E-state index contributed by atoms with van der Waals surface area (Å²) in [6, 6.07) is 0. The summed E-state index contributed by atoms with van der Waals surface area (Å²) in [6.45, 7) is 17.2. The van der Waals surface area contributed by atoms with Crippen LogP contribution >= 0.6 is 0 Å². The second-order valence-corrected chi connectivity index (χ2v) is 12.3. The molecule has 32 heavy (non-hydrogen) atoms. The topological polar surface area (TPSA) is 60.7 Å². The van der Waals surface area contributed by atoms with E-state index in [4.69, 9.17) is 0 Å². The van der Waals surface area contributed by atoms with Crippen molar-refractivity contribution >= 4 is 0 Å². The fraction of sp³-hybridized carbons (Fsp3) is 0.793. The molecule has 0 unspecified atom stereocenters. The van der Waals surface area contributed by atoms with Crippen LogP contribution in [0.3, 0.4) is 0 Å². The molecule has 0 saturated heterocycles. The zero-order valence-corrected chi connectivity index (χ0v) is 21.4. The van der Waals surface area contributed by atoms with Crippen LogP contribution < -0.4 is 0 Å². The summed E-state index contributed by atoms with van der Waals surface area (Å²) >= 11 is 0. The Morgan fingerprint density at radius 1 is 1.19 bits per heavy atom. The van der Waals surface area contributed by atoms with Crippen molar-refractivity contribution in [2.45, 2.75) is 111 Å². The van der Waals surface area contributed by atoms with Crippen molar-refractivity contribution in [3.8, 4) is 0 Å². The van der Waals surface area contributed by atoms with E-state index in [9.17, 15) is 15.3 Å². The monoisotopic (exact) mass is 444 g/mol. The van der Waals surface area contributed by atoms with Gasteiger partial charge in [0.25, 0.3) is 0 Å². The van der Waals surface area contributed by atoms with Gasteiger partial charge in [-0.25, -0.2) is 0 Å². The van der Waals surface area contributed by atoms with Crippen LogP contribution in [0.25, 0.3) is 0 Å². The first-order valence-electron chi connectivity index (χ1n) is 13.0. The lowest BCUT2D eigenvalue weighted by molar-refractivity contribution is 0.0283. The third-order valence-corrected chi connectivity index (χ3v) is 9.58. The largest absolute Gasteiger partial charge is 0.392 e. The molecule has 8 atom stereocenters. The van der Waals surface area contributed by atoms with Gasteiger partial charge in [-0.1, -0.05) is 52.0 Å². The van der Waals surface area contributed by atoms with Gasteiger partial charge < -0.3 is 15.3 Å². The molecule has 0 heterocycles. The average Bonchev–Trinajstić information content (AvgIpc) is 3.08. The minimum Gasteiger partial charge on any atom is -0.392 e. The number of aliphatic hydroxyl groups excluding tert-OH is 2. The van der Waals surface area contributed by atoms with E-state index in [0.29, 0.717) is 29.6 Å². The highest BCUT2D eigenvalue weighted by Gasteiger charge is 2.51. The fourth-order valence-electron chi connectivity index (χ4n) is 7.03. The van der Waals surface area contributed by atoms with Gasteiger partial charge in [0.2, 0.25) is 0 Å². The number of hydrogen-bond donors (Lipinski definition) is 3. The number of hydrogen-bond acceptors (Lipinski definition) is 3. The smallest absolute Gasteiger partial charge is 0.0837 e. The van der Waals surface area contributed by atoms with Gasteiger partial charge in [0.15, 0.2) is 0 Å². The van der Waals surface area contributed by atoms with Crippen molar-refractivity contribution in [2.75, 3.05) is 0 Å². The Bertz CT molecular complexity index is 742. The fourth-order valence-corrected chi connectivity index (χ4v) is 7.03. The molecule has 3 heteroatoms. The van der Waals surface area contributed by atoms with E-state index in [1.54, 1.807) is 5.57 Å². The van der Waals surface area contributed by atoms with Crippen LogP contribution in [0, 0.1) is 35.0 Å². The van der Waals surface area contributed by atoms with E-state index in [-0.39, 0.29) is 5.92 Å². The molecule has 0 amide bonds. The molecule has 0 bridgehead atoms. The van der Waals surface area contributed by atoms with E-state index in [1.807, 2.05) is 20.8 Å². The highest BCUT2D eigenvalue weighted by Crippen LogP contribution is 2.60. The van der Waals surface area contributed by atoms with Crippen LogP contribution in [0.5, 0.6) is 0 Å². The van der Waals surface area contributed by atoms with Crippen LogP contribution in [0.4, 0.5) is 0 Å². The molecule has 3 fully saturated rings. The Kier molecular flexibility index (Phi) is 7.85. The Hall–Kier alpha value is -0.900. The van der Waals surface area contributed by atoms with Crippen molar-refractivity contribution in [3.63, 3.8) is 0 Å². The van der Waals surface area contributed by atoms with Crippen molar-refractivity contribution < 1.29 is 15.3 Å². The van der Waals surface area contributed by atoms with E-state index in [0.717, 1.165) is 36.3 Å². The lowest BCUT2D eigenvalue weighted by Crippen LogP contribution is -2.38. The van der Waals surface area contributed by atoms with E-state index in [2.05, 4.69) is 39.5 Å². The third kappa shape index (κ3) is 5.26. The molecule has 3 rings (SSSR count). The second-order valence-electron chi connectivity index (χ2n) is 12.3. The quantitative estimate of drug-likeness (QED) is 0.457. The first-order valence-corrected chi connectivity index (χ1v) is 13.0. The summed E-state index contributed by atoms with van der Waals surface area (Å²) < 4.78 is 0. The van der Waals surface area contributed by atoms with Gasteiger partial charge in [-0.3, -0.25) is 0 Å². The minimum atomic E-state index is -0.651. The number of rotatable bonds is 6. The summed E-state index contributed by atoms with van der Waals surface area (Å²) in [5.41, 5.74) is 3.11. The standard InChI is InChI=1S/C29H48O3/c1-18(14-16-28(5,6)32)19(2)24-12-13-25-22(9-8-15-29(24,25)7)10-11-23-17-26(30)21(4)27(31)20(23)3/h10-11,18-19,21,24-27,30-32H,3,8-9,12-17H2,1-2,4-7H3/b22-10+,23-11-/t18-,19-,21+,24-,25+,26-,27-,29-/m1/s1. The molecular formula is C29H48O3. The van der Waals surface area contributed by atoms with E-state index >= 15 is 0 Å². The molecule has 0 radical (unpaired) electrons. The molecule has 0 aromatic rings. The molecule has 3 aliphatic carbocycles. The molecule has 0 aromatic heterocycles. The van der Waals surface area contributed by atoms with Crippen molar-refractivity contribution in [1.29, 1.82) is 0 Å². The first kappa shape index (κ1) is 25.7. The predicted molar refractivity (Wildman–Crippen MR) is 133 cm³/mol. The highest BCUT2D eigenvalue weighted by molar-refractivity contribution is 5.39. The zero-order valence-electron chi connectivity index (χ0n) is 21.4. The summed E-state index contributed by atoms with van der Waals surface area (Å²) in [6.07, 6.45) is 12.1. The van der Waals surface area contributed by atoms with Crippen LogP contribution in [0.1, 0.15) is 92.9 Å². The SMILES string of the molecule is C=C1/C(=C\C=C2/CCC[C@]3(C)[C@@H]([C@H](C)[C@H](C)CCC(C)(C)O)CC[C@@H]23)C[C@@H](O)[C@H](C)[C@@H]1O. The third-order valence-electron chi connectivity index (χ3n) is 9.58. The van der Waals surface area contributed by atoms with Gasteiger partial charge >= 0.3 is 0 Å². The summed E-state index contributed by atoms with van der Waals surface area (Å²) in [4.78, 5) is 0.